The molecule has 0 atom stereocenters. The van der Waals surface area contributed by atoms with Crippen molar-refractivity contribution in [2.24, 2.45) is 0 Å². The van der Waals surface area contributed by atoms with E-state index in [9.17, 15) is 0 Å². The highest BCUT2D eigenvalue weighted by molar-refractivity contribution is 9.10. The molecule has 0 unspecified atom stereocenters. The molecule has 134 valence electrons. The number of hydrogen-bond acceptors (Lipinski definition) is 0. The van der Waals surface area contributed by atoms with Crippen molar-refractivity contribution in [2.45, 2.75) is 38.5 Å². The Labute approximate surface area is 175 Å². The van der Waals surface area contributed by atoms with Crippen LogP contribution in [0.25, 0.3) is 27.5 Å². The number of halogens is 2. The van der Waals surface area contributed by atoms with Gasteiger partial charge in [0.1, 0.15) is 0 Å². The molecule has 0 aliphatic carbocycles. The number of benzene rings is 3. The van der Waals surface area contributed by atoms with Crippen molar-refractivity contribution in [3.8, 4) is 5.69 Å². The molecule has 2 aliphatic heterocycles. The molecule has 0 N–H and O–H groups in total. The Morgan fingerprint density at radius 2 is 1.11 bits per heavy atom. The summed E-state index contributed by atoms with van der Waals surface area (Å²) in [6.07, 6.45) is 0. The van der Waals surface area contributed by atoms with Gasteiger partial charge in [0.05, 0.1) is 16.7 Å². The predicted molar refractivity (Wildman–Crippen MR) is 120 cm³/mol. The maximum atomic E-state index is 3.79. The number of hydrogen-bond donors (Lipinski definition) is 0. The molecule has 4 aromatic rings. The van der Waals surface area contributed by atoms with Gasteiger partial charge in [-0.1, -0.05) is 77.8 Å². The molecule has 0 saturated heterocycles. The van der Waals surface area contributed by atoms with Gasteiger partial charge in [0, 0.05) is 30.5 Å². The average molecular weight is 481 g/mol. The molecule has 3 heteroatoms. The van der Waals surface area contributed by atoms with Gasteiger partial charge in [-0.3, -0.25) is 0 Å². The highest BCUT2D eigenvalue weighted by atomic mass is 79.9. The van der Waals surface area contributed by atoms with E-state index in [0.717, 1.165) is 8.95 Å². The largest absolute Gasteiger partial charge is 0.308 e. The Balaban J connectivity index is 2.05. The van der Waals surface area contributed by atoms with E-state index in [1.807, 2.05) is 0 Å². The quantitative estimate of drug-likeness (QED) is 0.244. The van der Waals surface area contributed by atoms with Crippen molar-refractivity contribution in [1.82, 2.24) is 4.57 Å². The van der Waals surface area contributed by atoms with Gasteiger partial charge in [0.25, 0.3) is 0 Å². The Hall–Kier alpha value is -1.58. The molecule has 2 aliphatic rings. The number of aromatic nitrogens is 1. The Morgan fingerprint density at radius 3 is 1.56 bits per heavy atom. The summed E-state index contributed by atoms with van der Waals surface area (Å²) in [5.41, 5.74) is 9.70. The Morgan fingerprint density at radius 1 is 0.667 bits per heavy atom. The van der Waals surface area contributed by atoms with Gasteiger partial charge < -0.3 is 4.57 Å². The lowest BCUT2D eigenvalue weighted by atomic mass is 9.69. The number of nitrogens with zero attached hydrogens (tertiary/aromatic N) is 1. The zero-order valence-electron chi connectivity index (χ0n) is 15.7. The fourth-order valence-electron chi connectivity index (χ4n) is 5.46. The van der Waals surface area contributed by atoms with Gasteiger partial charge in [0.15, 0.2) is 0 Å². The van der Waals surface area contributed by atoms with Crippen LogP contribution in [0.15, 0.2) is 51.4 Å². The van der Waals surface area contributed by atoms with E-state index in [1.54, 1.807) is 0 Å². The summed E-state index contributed by atoms with van der Waals surface area (Å²) in [5, 5.41) is 2.67. The van der Waals surface area contributed by atoms with Gasteiger partial charge in [-0.2, -0.15) is 0 Å². The molecule has 6 rings (SSSR count). The first-order valence-corrected chi connectivity index (χ1v) is 10.9. The van der Waals surface area contributed by atoms with Crippen LogP contribution in [0.2, 0.25) is 0 Å². The van der Waals surface area contributed by atoms with Gasteiger partial charge in [-0.25, -0.2) is 0 Å². The summed E-state index contributed by atoms with van der Waals surface area (Å²) in [6, 6.07) is 16.1. The van der Waals surface area contributed by atoms with Crippen LogP contribution < -0.4 is 0 Å². The molecule has 0 saturated carbocycles. The monoisotopic (exact) mass is 479 g/mol. The van der Waals surface area contributed by atoms with E-state index in [-0.39, 0.29) is 10.8 Å². The maximum Gasteiger partial charge on any atom is 0.0583 e. The van der Waals surface area contributed by atoms with Crippen molar-refractivity contribution < 1.29 is 0 Å². The second kappa shape index (κ2) is 4.69. The normalized spacial score (nSPS) is 17.9. The van der Waals surface area contributed by atoms with E-state index in [4.69, 9.17) is 0 Å². The second-order valence-electron chi connectivity index (χ2n) is 8.99. The summed E-state index contributed by atoms with van der Waals surface area (Å²) in [4.78, 5) is 0. The van der Waals surface area contributed by atoms with Crippen LogP contribution in [0.1, 0.15) is 49.9 Å². The number of para-hydroxylation sites is 1. The molecule has 0 fully saturated rings. The van der Waals surface area contributed by atoms with Crippen molar-refractivity contribution in [1.29, 1.82) is 0 Å². The fourth-order valence-corrected chi connectivity index (χ4v) is 6.38. The molecule has 3 aromatic carbocycles. The summed E-state index contributed by atoms with van der Waals surface area (Å²) in [7, 11) is 0. The lowest BCUT2D eigenvalue weighted by molar-refractivity contribution is 0.593. The topological polar surface area (TPSA) is 4.93 Å². The minimum absolute atomic E-state index is 0.0391. The first-order valence-electron chi connectivity index (χ1n) is 9.35. The molecule has 0 amide bonds. The number of fused-ring (bicyclic) bond motifs is 1. The minimum Gasteiger partial charge on any atom is -0.308 e. The van der Waals surface area contributed by atoms with Crippen molar-refractivity contribution >= 4 is 53.7 Å². The fraction of sp³-hybridized carbons (Fsp3) is 0.250. The van der Waals surface area contributed by atoms with Crippen molar-refractivity contribution in [2.75, 3.05) is 0 Å². The molecular weight excluding hydrogens is 462 g/mol. The van der Waals surface area contributed by atoms with Gasteiger partial charge >= 0.3 is 0 Å². The van der Waals surface area contributed by atoms with E-state index >= 15 is 0 Å². The second-order valence-corrected chi connectivity index (χ2v) is 10.8. The van der Waals surface area contributed by atoms with Crippen LogP contribution >= 0.6 is 31.9 Å². The first-order chi connectivity index (χ1) is 12.7. The molecular formula is C24H19Br2N. The molecule has 3 heterocycles. The maximum absolute atomic E-state index is 3.79. The minimum atomic E-state index is -0.0391. The van der Waals surface area contributed by atoms with Gasteiger partial charge in [-0.15, -0.1) is 0 Å². The van der Waals surface area contributed by atoms with Crippen LogP contribution in [0, 0.1) is 0 Å². The van der Waals surface area contributed by atoms with E-state index in [0.29, 0.717) is 0 Å². The van der Waals surface area contributed by atoms with E-state index in [2.05, 4.69) is 107 Å². The highest BCUT2D eigenvalue weighted by Crippen LogP contribution is 2.55. The average Bonchev–Trinajstić information content (AvgIpc) is 2.92. The van der Waals surface area contributed by atoms with E-state index < -0.39 is 0 Å². The Kier molecular flexibility index (Phi) is 2.85. The van der Waals surface area contributed by atoms with Gasteiger partial charge in [-0.05, 0) is 46.5 Å². The summed E-state index contributed by atoms with van der Waals surface area (Å²) in [5.74, 6) is 0. The third-order valence-corrected chi connectivity index (χ3v) is 7.76. The lowest BCUT2D eigenvalue weighted by Crippen LogP contribution is -2.33. The molecule has 1 nitrogen and oxygen atoms in total. The SMILES string of the molecule is CC1(C)c2cccc3c2-n2c4c1cc(Br)cc4c1cc(Br)cc(c12)C3(C)C. The third-order valence-electron chi connectivity index (χ3n) is 6.84. The van der Waals surface area contributed by atoms with Crippen molar-refractivity contribution in [3.05, 3.63) is 73.7 Å². The molecule has 0 radical (unpaired) electrons. The molecule has 27 heavy (non-hydrogen) atoms. The van der Waals surface area contributed by atoms with E-state index in [1.165, 1.54) is 49.7 Å². The Bertz CT molecular complexity index is 1240. The molecule has 1 aromatic heterocycles. The van der Waals surface area contributed by atoms with Gasteiger partial charge in [0.2, 0.25) is 0 Å². The zero-order chi connectivity index (χ0) is 18.9. The lowest BCUT2D eigenvalue weighted by Gasteiger charge is -2.42. The number of rotatable bonds is 0. The zero-order valence-corrected chi connectivity index (χ0v) is 18.9. The standard InChI is InChI=1S/C24H19Br2N/c1-23(2)16-6-5-7-17-22(16)27-20-14(8-12(25)10-18(20)23)15-9-13(26)11-19(21(15)27)24(17,3)4/h5-11H,1-4H3. The van der Waals surface area contributed by atoms with Crippen LogP contribution in [0.4, 0.5) is 0 Å². The predicted octanol–water partition coefficient (Wildman–Crippen LogP) is 7.59. The van der Waals surface area contributed by atoms with Crippen LogP contribution in [-0.2, 0) is 10.8 Å². The summed E-state index contributed by atoms with van der Waals surface area (Å²) in [6.45, 7) is 9.46. The molecule has 0 bridgehead atoms. The smallest absolute Gasteiger partial charge is 0.0583 e. The first kappa shape index (κ1) is 16.4. The summed E-state index contributed by atoms with van der Waals surface area (Å²) >= 11 is 7.57. The van der Waals surface area contributed by atoms with Crippen LogP contribution in [0.5, 0.6) is 0 Å². The third kappa shape index (κ3) is 1.72. The highest BCUT2D eigenvalue weighted by Gasteiger charge is 2.43. The van der Waals surface area contributed by atoms with Crippen LogP contribution in [-0.4, -0.2) is 4.57 Å². The van der Waals surface area contributed by atoms with Crippen LogP contribution in [0.3, 0.4) is 0 Å². The van der Waals surface area contributed by atoms with Crippen molar-refractivity contribution in [3.63, 3.8) is 0 Å². The molecule has 0 spiro atoms. The summed E-state index contributed by atoms with van der Waals surface area (Å²) < 4.78 is 4.85.